The summed E-state index contributed by atoms with van der Waals surface area (Å²) in [6, 6.07) is 11.4. The summed E-state index contributed by atoms with van der Waals surface area (Å²) in [5, 5.41) is 11.7. The van der Waals surface area contributed by atoms with E-state index in [4.69, 9.17) is 9.15 Å². The van der Waals surface area contributed by atoms with E-state index in [9.17, 15) is 19.1 Å². The van der Waals surface area contributed by atoms with Gasteiger partial charge in [0.15, 0.2) is 0 Å². The third-order valence-electron chi connectivity index (χ3n) is 7.95. The molecule has 1 amide bonds. The zero-order chi connectivity index (χ0) is 25.3. The van der Waals surface area contributed by atoms with Gasteiger partial charge in [0, 0.05) is 42.4 Å². The molecule has 1 N–H and O–H groups in total. The minimum Gasteiger partial charge on any atom is -0.489 e. The summed E-state index contributed by atoms with van der Waals surface area (Å²) in [5.74, 6) is 0.415. The van der Waals surface area contributed by atoms with E-state index in [-0.39, 0.29) is 30.7 Å². The van der Waals surface area contributed by atoms with Crippen LogP contribution in [0.15, 0.2) is 51.7 Å². The lowest BCUT2D eigenvalue weighted by Crippen LogP contribution is -2.54. The van der Waals surface area contributed by atoms with Gasteiger partial charge in [0.25, 0.3) is 0 Å². The summed E-state index contributed by atoms with van der Waals surface area (Å²) in [7, 11) is 0. The molecule has 2 fully saturated rings. The third kappa shape index (κ3) is 5.03. The van der Waals surface area contributed by atoms with Gasteiger partial charge in [-0.1, -0.05) is 25.0 Å². The van der Waals surface area contributed by atoms with Crippen LogP contribution in [0.3, 0.4) is 0 Å². The van der Waals surface area contributed by atoms with Crippen LogP contribution in [0.4, 0.5) is 4.39 Å². The number of carbonyl (C=O) groups excluding carboxylic acids is 1. The number of halogens is 1. The molecule has 1 saturated heterocycles. The van der Waals surface area contributed by atoms with Gasteiger partial charge < -0.3 is 19.2 Å². The molecule has 2 aromatic carbocycles. The summed E-state index contributed by atoms with van der Waals surface area (Å²) in [4.78, 5) is 27.6. The molecule has 0 radical (unpaired) electrons. The van der Waals surface area contributed by atoms with Crippen LogP contribution in [0.2, 0.25) is 0 Å². The van der Waals surface area contributed by atoms with Gasteiger partial charge in [0.2, 0.25) is 5.91 Å². The fraction of sp³-hybridized carbons (Fsp3) is 0.448. The Kier molecular flexibility index (Phi) is 6.84. The Morgan fingerprint density at radius 3 is 2.81 bits per heavy atom. The van der Waals surface area contributed by atoms with Crippen molar-refractivity contribution >= 4 is 16.9 Å². The number of nitrogens with zero attached hydrogens (tertiary/aromatic N) is 1. The van der Waals surface area contributed by atoms with Crippen molar-refractivity contribution in [3.63, 3.8) is 0 Å². The van der Waals surface area contributed by atoms with Crippen LogP contribution in [0.25, 0.3) is 11.0 Å². The van der Waals surface area contributed by atoms with Crippen LogP contribution in [-0.4, -0.2) is 34.6 Å². The van der Waals surface area contributed by atoms with Gasteiger partial charge >= 0.3 is 5.63 Å². The molecular formula is C29H32FNO5. The van der Waals surface area contributed by atoms with Gasteiger partial charge in [-0.15, -0.1) is 0 Å². The van der Waals surface area contributed by atoms with Crippen LogP contribution in [0.5, 0.6) is 5.75 Å². The first-order chi connectivity index (χ1) is 17.3. The minimum absolute atomic E-state index is 0.0195. The van der Waals surface area contributed by atoms with E-state index >= 15 is 0 Å². The Morgan fingerprint density at radius 1 is 1.19 bits per heavy atom. The second-order valence-electron chi connectivity index (χ2n) is 10.2. The van der Waals surface area contributed by atoms with Gasteiger partial charge in [-0.05, 0) is 68.0 Å². The first kappa shape index (κ1) is 24.5. The smallest absolute Gasteiger partial charge is 0.339 e. The largest absolute Gasteiger partial charge is 0.489 e. The van der Waals surface area contributed by atoms with Gasteiger partial charge in [0.1, 0.15) is 23.8 Å². The molecule has 7 heteroatoms. The van der Waals surface area contributed by atoms with Crippen LogP contribution in [0.1, 0.15) is 55.2 Å². The normalized spacial score (nSPS) is 21.9. The number of aryl methyl sites for hydroxylation is 1. The lowest BCUT2D eigenvalue weighted by molar-refractivity contribution is -0.143. The predicted molar refractivity (Wildman–Crippen MR) is 134 cm³/mol. The van der Waals surface area contributed by atoms with Crippen molar-refractivity contribution < 1.29 is 23.4 Å². The number of piperidine rings is 1. The van der Waals surface area contributed by atoms with Crippen LogP contribution in [-0.2, 0) is 17.8 Å². The quantitative estimate of drug-likeness (QED) is 0.494. The molecule has 2 heterocycles. The maximum atomic E-state index is 13.1. The van der Waals surface area contributed by atoms with E-state index in [1.165, 1.54) is 12.1 Å². The molecule has 0 bridgehead atoms. The Balaban J connectivity index is 1.25. The standard InChI is InChI=1S/C29H32FNO5/c1-19-24-10-9-23(35-18-20-5-7-22(30)8-6-20)16-26(24)36-28(33)25(19)11-12-27(32)31-15-14-29(34)13-3-2-4-21(29)17-31/h5-10,16,21,34H,2-4,11-15,17-18H2,1H3/t21-,29+/m0/s1. The Morgan fingerprint density at radius 2 is 2.00 bits per heavy atom. The maximum absolute atomic E-state index is 13.1. The van der Waals surface area contributed by atoms with Crippen molar-refractivity contribution in [2.75, 3.05) is 13.1 Å². The molecule has 5 rings (SSSR count). The van der Waals surface area contributed by atoms with E-state index in [1.54, 1.807) is 18.2 Å². The summed E-state index contributed by atoms with van der Waals surface area (Å²) >= 11 is 0. The van der Waals surface area contributed by atoms with Gasteiger partial charge in [-0.2, -0.15) is 0 Å². The fourth-order valence-electron chi connectivity index (χ4n) is 5.69. The number of amides is 1. The van der Waals surface area contributed by atoms with Gasteiger partial charge in [0.05, 0.1) is 5.60 Å². The van der Waals surface area contributed by atoms with E-state index in [2.05, 4.69) is 0 Å². The summed E-state index contributed by atoms with van der Waals surface area (Å²) in [5.41, 5.74) is 1.52. The lowest BCUT2D eigenvalue weighted by Gasteiger charge is -2.47. The van der Waals surface area contributed by atoms with Crippen LogP contribution < -0.4 is 10.4 Å². The lowest BCUT2D eigenvalue weighted by atomic mass is 9.71. The molecule has 0 unspecified atom stereocenters. The highest BCUT2D eigenvalue weighted by atomic mass is 19.1. The van der Waals surface area contributed by atoms with E-state index in [0.29, 0.717) is 42.8 Å². The van der Waals surface area contributed by atoms with Crippen molar-refractivity contribution in [2.45, 2.75) is 64.1 Å². The second kappa shape index (κ2) is 10.1. The number of hydrogen-bond donors (Lipinski definition) is 1. The first-order valence-electron chi connectivity index (χ1n) is 12.8. The van der Waals surface area contributed by atoms with Gasteiger partial charge in [-0.25, -0.2) is 9.18 Å². The summed E-state index contributed by atoms with van der Waals surface area (Å²) in [6.45, 7) is 3.31. The number of likely N-dealkylation sites (tertiary alicyclic amines) is 1. The average Bonchev–Trinajstić information content (AvgIpc) is 2.87. The Labute approximate surface area is 209 Å². The first-order valence-corrected chi connectivity index (χ1v) is 12.8. The number of fused-ring (bicyclic) bond motifs is 2. The van der Waals surface area contributed by atoms with Crippen molar-refractivity contribution in [3.8, 4) is 5.75 Å². The van der Waals surface area contributed by atoms with Crippen molar-refractivity contribution in [2.24, 2.45) is 5.92 Å². The van der Waals surface area contributed by atoms with Crippen LogP contribution in [0, 0.1) is 18.7 Å². The molecule has 2 atom stereocenters. The topological polar surface area (TPSA) is 80.0 Å². The van der Waals surface area contributed by atoms with Crippen molar-refractivity contribution in [1.29, 1.82) is 0 Å². The molecule has 1 aromatic heterocycles. The molecule has 2 aliphatic rings. The predicted octanol–water partition coefficient (Wildman–Crippen LogP) is 4.91. The van der Waals surface area contributed by atoms with E-state index < -0.39 is 11.2 Å². The van der Waals surface area contributed by atoms with Crippen molar-refractivity contribution in [1.82, 2.24) is 4.90 Å². The molecular weight excluding hydrogens is 461 g/mol. The highest BCUT2D eigenvalue weighted by Gasteiger charge is 2.43. The van der Waals surface area contributed by atoms with Gasteiger partial charge in [-0.3, -0.25) is 4.79 Å². The molecule has 1 aliphatic carbocycles. The maximum Gasteiger partial charge on any atom is 0.339 e. The monoisotopic (exact) mass is 493 g/mol. The SMILES string of the molecule is Cc1c(CCC(=O)N2CC[C@]3(O)CCCC[C@H]3C2)c(=O)oc2cc(OCc3ccc(F)cc3)ccc12. The molecule has 0 spiro atoms. The summed E-state index contributed by atoms with van der Waals surface area (Å²) in [6.07, 6.45) is 5.13. The third-order valence-corrected chi connectivity index (χ3v) is 7.95. The fourth-order valence-corrected chi connectivity index (χ4v) is 5.69. The van der Waals surface area contributed by atoms with E-state index in [1.807, 2.05) is 24.0 Å². The Bertz CT molecular complexity index is 1320. The molecule has 36 heavy (non-hydrogen) atoms. The summed E-state index contributed by atoms with van der Waals surface area (Å²) < 4.78 is 24.5. The average molecular weight is 494 g/mol. The highest BCUT2D eigenvalue weighted by molar-refractivity contribution is 5.83. The van der Waals surface area contributed by atoms with Crippen LogP contribution >= 0.6 is 0 Å². The zero-order valence-electron chi connectivity index (χ0n) is 20.6. The number of rotatable bonds is 6. The molecule has 1 aliphatic heterocycles. The molecule has 6 nitrogen and oxygen atoms in total. The highest BCUT2D eigenvalue weighted by Crippen LogP contribution is 2.40. The number of carbonyl (C=O) groups is 1. The zero-order valence-corrected chi connectivity index (χ0v) is 20.6. The van der Waals surface area contributed by atoms with E-state index in [0.717, 1.165) is 42.2 Å². The molecule has 3 aromatic rings. The van der Waals surface area contributed by atoms with Crippen molar-refractivity contribution in [3.05, 3.63) is 75.4 Å². The number of benzene rings is 2. The minimum atomic E-state index is -0.618. The number of aliphatic hydroxyl groups is 1. The Hall–Kier alpha value is -3.19. The second-order valence-corrected chi connectivity index (χ2v) is 10.2. The number of ether oxygens (including phenoxy) is 1. The molecule has 190 valence electrons. The molecule has 1 saturated carbocycles. The number of hydrogen-bond acceptors (Lipinski definition) is 5.